The second-order valence-electron chi connectivity index (χ2n) is 13.1. The predicted molar refractivity (Wildman–Crippen MR) is 127 cm³/mol. The predicted octanol–water partition coefficient (Wildman–Crippen LogP) is 5.87. The largest absolute Gasteiger partial charge is 0.396 e. The molecule has 0 aromatic rings. The van der Waals surface area contributed by atoms with Crippen molar-refractivity contribution in [2.45, 2.75) is 116 Å². The van der Waals surface area contributed by atoms with Crippen LogP contribution in [0.4, 0.5) is 0 Å². The van der Waals surface area contributed by atoms with Crippen LogP contribution in [0.15, 0.2) is 11.6 Å². The summed E-state index contributed by atoms with van der Waals surface area (Å²) in [6, 6.07) is 0. The Kier molecular flexibility index (Phi) is 6.24. The van der Waals surface area contributed by atoms with E-state index in [-0.39, 0.29) is 6.61 Å². The summed E-state index contributed by atoms with van der Waals surface area (Å²) < 4.78 is 0. The van der Waals surface area contributed by atoms with Crippen LogP contribution in [0.3, 0.4) is 0 Å². The molecule has 4 aliphatic carbocycles. The molecule has 3 nitrogen and oxygen atoms in total. The highest BCUT2D eigenvalue weighted by Crippen LogP contribution is 2.67. The van der Waals surface area contributed by atoms with Crippen molar-refractivity contribution in [1.29, 1.82) is 0 Å². The van der Waals surface area contributed by atoms with Crippen LogP contribution in [-0.2, 0) is 0 Å². The third kappa shape index (κ3) is 4.17. The zero-order chi connectivity index (χ0) is 22.7. The fraction of sp³-hybridized carbons (Fsp3) is 0.929. The van der Waals surface area contributed by atoms with Crippen molar-refractivity contribution >= 4 is 0 Å². The lowest BCUT2D eigenvalue weighted by molar-refractivity contribution is -0.0716. The minimum atomic E-state index is -0.735. The van der Waals surface area contributed by atoms with Crippen LogP contribution in [0.1, 0.15) is 105 Å². The minimum absolute atomic E-state index is 0.0668. The summed E-state index contributed by atoms with van der Waals surface area (Å²) in [5.41, 5.74) is 1.06. The fourth-order valence-electron chi connectivity index (χ4n) is 8.89. The molecule has 3 heteroatoms. The van der Waals surface area contributed by atoms with E-state index in [1.165, 1.54) is 32.1 Å². The summed E-state index contributed by atoms with van der Waals surface area (Å²) in [7, 11) is 0. The molecule has 0 aromatic carbocycles. The van der Waals surface area contributed by atoms with E-state index in [0.717, 1.165) is 55.8 Å². The van der Waals surface area contributed by atoms with Gasteiger partial charge in [-0.3, -0.25) is 0 Å². The van der Waals surface area contributed by atoms with Crippen molar-refractivity contribution in [3.05, 3.63) is 11.6 Å². The maximum atomic E-state index is 10.7. The van der Waals surface area contributed by atoms with E-state index in [9.17, 15) is 15.3 Å². The van der Waals surface area contributed by atoms with E-state index >= 15 is 0 Å². The summed E-state index contributed by atoms with van der Waals surface area (Å²) in [6.07, 6.45) is 14.5. The maximum absolute atomic E-state index is 10.7. The second kappa shape index (κ2) is 8.13. The normalized spacial score (nSPS) is 47.5. The van der Waals surface area contributed by atoms with Crippen LogP contribution in [0.5, 0.6) is 0 Å². The quantitative estimate of drug-likeness (QED) is 0.460. The monoisotopic (exact) mass is 432 g/mol. The van der Waals surface area contributed by atoms with Gasteiger partial charge in [-0.2, -0.15) is 0 Å². The van der Waals surface area contributed by atoms with Gasteiger partial charge in [0.15, 0.2) is 0 Å². The average molecular weight is 433 g/mol. The Bertz CT molecular complexity index is 694. The van der Waals surface area contributed by atoms with Crippen molar-refractivity contribution in [1.82, 2.24) is 0 Å². The molecule has 0 amide bonds. The summed E-state index contributed by atoms with van der Waals surface area (Å²) in [5.74, 6) is 3.82. The molecule has 3 N–H and O–H groups in total. The van der Waals surface area contributed by atoms with E-state index < -0.39 is 11.2 Å². The van der Waals surface area contributed by atoms with E-state index in [2.05, 4.69) is 26.8 Å². The first-order valence-electron chi connectivity index (χ1n) is 13.2. The third-order valence-electron chi connectivity index (χ3n) is 10.9. The van der Waals surface area contributed by atoms with Gasteiger partial charge in [-0.25, -0.2) is 0 Å². The number of aliphatic hydroxyl groups is 3. The molecule has 0 aromatic heterocycles. The lowest BCUT2D eigenvalue weighted by Gasteiger charge is -2.59. The van der Waals surface area contributed by atoms with Gasteiger partial charge in [-0.1, -0.05) is 32.4 Å². The molecule has 3 fully saturated rings. The van der Waals surface area contributed by atoms with E-state index in [4.69, 9.17) is 0 Å². The number of hydrogen-bond acceptors (Lipinski definition) is 3. The molecule has 0 bridgehead atoms. The fourth-order valence-corrected chi connectivity index (χ4v) is 8.89. The smallest absolute Gasteiger partial charge is 0.0657 e. The Hall–Kier alpha value is -0.380. The first-order valence-corrected chi connectivity index (χ1v) is 13.2. The zero-order valence-electron chi connectivity index (χ0n) is 20.8. The molecule has 3 saturated carbocycles. The minimum Gasteiger partial charge on any atom is -0.396 e. The average Bonchev–Trinajstić information content (AvgIpc) is 3.04. The topological polar surface area (TPSA) is 60.7 Å². The Labute approximate surface area is 190 Å². The molecule has 0 radical (unpaired) electrons. The first-order chi connectivity index (χ1) is 14.4. The molecule has 0 saturated heterocycles. The van der Waals surface area contributed by atoms with Gasteiger partial charge in [0.1, 0.15) is 0 Å². The van der Waals surface area contributed by atoms with E-state index in [1.807, 2.05) is 13.8 Å². The number of fused-ring (bicyclic) bond motifs is 5. The SMILES string of the molecule is C[C@H](CCC(C)(O)CCO)[C@H]1CCC2[C@@H]3CC=C4C[C@@](C)(O)CC[C@]4(C)C3CC[C@@]21C. The summed E-state index contributed by atoms with van der Waals surface area (Å²) in [4.78, 5) is 0. The van der Waals surface area contributed by atoms with E-state index in [1.54, 1.807) is 5.57 Å². The van der Waals surface area contributed by atoms with Gasteiger partial charge in [-0.05, 0) is 125 Å². The van der Waals surface area contributed by atoms with Crippen molar-refractivity contribution in [2.75, 3.05) is 6.61 Å². The molecule has 4 rings (SSSR count). The van der Waals surface area contributed by atoms with Gasteiger partial charge in [0, 0.05) is 6.61 Å². The second-order valence-corrected chi connectivity index (χ2v) is 13.1. The number of rotatable bonds is 6. The first kappa shape index (κ1) is 23.8. The summed E-state index contributed by atoms with van der Waals surface area (Å²) in [6.45, 7) is 11.5. The molecule has 4 aliphatic rings. The Balaban J connectivity index is 1.48. The van der Waals surface area contributed by atoms with Crippen molar-refractivity contribution in [3.63, 3.8) is 0 Å². The highest BCUT2D eigenvalue weighted by Gasteiger charge is 2.59. The maximum Gasteiger partial charge on any atom is 0.0657 e. The Morgan fingerprint density at radius 1 is 1.06 bits per heavy atom. The number of aliphatic hydroxyl groups excluding tert-OH is 1. The van der Waals surface area contributed by atoms with Gasteiger partial charge in [-0.15, -0.1) is 0 Å². The standard InChI is InChI=1S/C28H48O3/c1-19(10-12-25(2,30)16-17-29)22-8-9-23-21-7-6-20-18-26(3,31)14-15-27(20,4)24(21)11-13-28(22,23)5/h6,19,21-24,29-31H,7-18H2,1-5H3/t19-,21+,22-,23?,24?,25?,26+,27+,28-/m1/s1. The Morgan fingerprint density at radius 2 is 1.81 bits per heavy atom. The molecule has 3 unspecified atom stereocenters. The summed E-state index contributed by atoms with van der Waals surface area (Å²) in [5, 5.41) is 30.5. The van der Waals surface area contributed by atoms with Crippen molar-refractivity contribution < 1.29 is 15.3 Å². The molecule has 0 aliphatic heterocycles. The third-order valence-corrected chi connectivity index (χ3v) is 10.9. The summed E-state index contributed by atoms with van der Waals surface area (Å²) >= 11 is 0. The molecule has 0 spiro atoms. The lowest BCUT2D eigenvalue weighted by atomic mass is 9.46. The molecular formula is C28H48O3. The lowest BCUT2D eigenvalue weighted by Crippen LogP contribution is -2.52. The molecule has 178 valence electrons. The van der Waals surface area contributed by atoms with Crippen LogP contribution in [0.25, 0.3) is 0 Å². The van der Waals surface area contributed by atoms with E-state index in [0.29, 0.717) is 23.2 Å². The highest BCUT2D eigenvalue weighted by atomic mass is 16.3. The van der Waals surface area contributed by atoms with Crippen LogP contribution in [0, 0.1) is 40.4 Å². The van der Waals surface area contributed by atoms with Crippen molar-refractivity contribution in [3.8, 4) is 0 Å². The van der Waals surface area contributed by atoms with Crippen LogP contribution in [-0.4, -0.2) is 33.1 Å². The van der Waals surface area contributed by atoms with Gasteiger partial charge < -0.3 is 15.3 Å². The van der Waals surface area contributed by atoms with Gasteiger partial charge in [0.2, 0.25) is 0 Å². The number of allylic oxidation sites excluding steroid dienone is 1. The van der Waals surface area contributed by atoms with Gasteiger partial charge in [0.05, 0.1) is 11.2 Å². The van der Waals surface area contributed by atoms with Crippen LogP contribution >= 0.6 is 0 Å². The van der Waals surface area contributed by atoms with Crippen molar-refractivity contribution in [2.24, 2.45) is 40.4 Å². The van der Waals surface area contributed by atoms with Gasteiger partial charge >= 0.3 is 0 Å². The van der Waals surface area contributed by atoms with Crippen LogP contribution in [0.2, 0.25) is 0 Å². The van der Waals surface area contributed by atoms with Gasteiger partial charge in [0.25, 0.3) is 0 Å². The molecule has 31 heavy (non-hydrogen) atoms. The molecule has 0 heterocycles. The molecule has 9 atom stereocenters. The van der Waals surface area contributed by atoms with Crippen LogP contribution < -0.4 is 0 Å². The zero-order valence-corrected chi connectivity index (χ0v) is 20.8. The molecular weight excluding hydrogens is 384 g/mol. The highest BCUT2D eigenvalue weighted by molar-refractivity contribution is 5.26. The number of hydrogen-bond donors (Lipinski definition) is 3. The Morgan fingerprint density at radius 3 is 2.52 bits per heavy atom.